The lowest BCUT2D eigenvalue weighted by molar-refractivity contribution is 0.208. The molecule has 7 heterocycles. The van der Waals surface area contributed by atoms with E-state index in [1.807, 2.05) is 46.8 Å². The van der Waals surface area contributed by atoms with E-state index in [9.17, 15) is 14.0 Å². The molecule has 2 saturated heterocycles. The van der Waals surface area contributed by atoms with E-state index < -0.39 is 28.5 Å². The maximum Gasteiger partial charge on any atom is 0.419 e. The summed E-state index contributed by atoms with van der Waals surface area (Å²) in [6.45, 7) is 28.9. The number of carbonyl (C=O) groups excluding carboxylic acids is 2. The number of hydrogen-bond donors (Lipinski definition) is 3. The molecule has 2 fully saturated rings. The molecule has 2 aliphatic rings. The molecule has 3 N–H and O–H groups in total. The monoisotopic (exact) mass is 1050 g/mol. The molecule has 9 rings (SSSR count). The standard InChI is InChI=1S/C24H34N6O2Si.C17H22FN3O3Si.C12H16N4/c1-24(2,3)33(5,6)32-18-10-11-22(25-16-18)27-23(31)30-14-12-29(13-15-30)21-9-7-8-20-19(21)17-26-28(20)4;1-17(2,3)25(4,5)24-13-7-8-14(19-11-13)21-16(22)23-15-9-6-12(18)10-20-15;1-15-11-3-2-4-12(10(11)9-14-15)16-7-5-13-6-8-16/h7-11,16-17H,12-15H2,1-6H3,(H,25,27,31);6-11H,1-5H3,(H,19,21,22);2-4,9,13H,5-8H2,1H3. The van der Waals surface area contributed by atoms with E-state index >= 15 is 0 Å². The molecule has 3 amide bonds. The van der Waals surface area contributed by atoms with Crippen molar-refractivity contribution in [1.82, 2.24) is 44.7 Å². The van der Waals surface area contributed by atoms with E-state index in [-0.39, 0.29) is 22.0 Å². The molecule has 0 atom stereocenters. The first-order chi connectivity index (χ1) is 35.0. The number of halogens is 1. The SMILES string of the molecule is CC(C)(C)[Si](C)(C)Oc1ccc(NC(=O)Oc2ccc(F)cn2)nc1.Cn1ncc2c(N3CCN(C(=O)Nc4ccc(O[Si](C)(C)C(C)(C)C)cn4)CC3)cccc21.Cn1ncc2c(N3CCNCC3)cccc21. The molecular formula is C53H72FN13O5Si2. The molecule has 0 spiro atoms. The third kappa shape index (κ3) is 13.7. The Kier molecular flexibility index (Phi) is 17.0. The average Bonchev–Trinajstić information content (AvgIpc) is 3.94. The summed E-state index contributed by atoms with van der Waals surface area (Å²) in [6.07, 6.45) is 7.34. The Morgan fingerprint density at radius 1 is 0.595 bits per heavy atom. The van der Waals surface area contributed by atoms with E-state index in [1.165, 1.54) is 28.3 Å². The van der Waals surface area contributed by atoms with E-state index in [4.69, 9.17) is 13.6 Å². The fourth-order valence-electron chi connectivity index (χ4n) is 7.69. The largest absolute Gasteiger partial charge is 0.542 e. The van der Waals surface area contributed by atoms with Gasteiger partial charge in [-0.2, -0.15) is 10.2 Å². The number of urea groups is 1. The average molecular weight is 1050 g/mol. The molecule has 21 heteroatoms. The number of nitrogens with zero attached hydrogens (tertiary/aromatic N) is 10. The molecule has 18 nitrogen and oxygen atoms in total. The molecule has 5 aromatic heterocycles. The number of benzene rings is 2. The van der Waals surface area contributed by atoms with Gasteiger partial charge in [-0.1, -0.05) is 53.7 Å². The zero-order valence-corrected chi connectivity index (χ0v) is 46.9. The van der Waals surface area contributed by atoms with Gasteiger partial charge in [-0.25, -0.2) is 28.9 Å². The Morgan fingerprint density at radius 3 is 1.53 bits per heavy atom. The van der Waals surface area contributed by atoms with Crippen molar-refractivity contribution in [2.24, 2.45) is 14.1 Å². The minimum Gasteiger partial charge on any atom is -0.542 e. The molecule has 0 bridgehead atoms. The van der Waals surface area contributed by atoms with Gasteiger partial charge in [0.25, 0.3) is 16.6 Å². The molecule has 2 aliphatic heterocycles. The van der Waals surface area contributed by atoms with Crippen LogP contribution in [0.15, 0.2) is 104 Å². The van der Waals surface area contributed by atoms with Gasteiger partial charge in [-0.05, 0) is 90.9 Å². The molecule has 0 aliphatic carbocycles. The third-order valence-corrected chi connectivity index (χ3v) is 22.8. The van der Waals surface area contributed by atoms with Gasteiger partial charge in [0.15, 0.2) is 0 Å². The van der Waals surface area contributed by atoms with Crippen molar-refractivity contribution in [2.45, 2.75) is 77.8 Å². The summed E-state index contributed by atoms with van der Waals surface area (Å²) in [6, 6.07) is 22.0. The number of amides is 3. The van der Waals surface area contributed by atoms with Gasteiger partial charge in [0.05, 0.1) is 42.0 Å². The summed E-state index contributed by atoms with van der Waals surface area (Å²) in [7, 11) is 0.0831. The zero-order chi connectivity index (χ0) is 53.4. The minimum absolute atomic E-state index is 0.00298. The maximum absolute atomic E-state index is 12.8. The first-order valence-corrected chi connectivity index (χ1v) is 30.8. The van der Waals surface area contributed by atoms with Crippen molar-refractivity contribution < 1.29 is 27.6 Å². The van der Waals surface area contributed by atoms with Crippen LogP contribution in [0.3, 0.4) is 0 Å². The van der Waals surface area contributed by atoms with Crippen molar-refractivity contribution in [1.29, 1.82) is 0 Å². The van der Waals surface area contributed by atoms with Gasteiger partial charge in [-0.15, -0.1) is 0 Å². The Morgan fingerprint density at radius 2 is 1.08 bits per heavy atom. The summed E-state index contributed by atoms with van der Waals surface area (Å²) in [5.74, 6) is 1.74. The molecule has 394 valence electrons. The number of anilines is 4. The van der Waals surface area contributed by atoms with E-state index in [1.54, 1.807) is 30.6 Å². The van der Waals surface area contributed by atoms with Crippen LogP contribution >= 0.6 is 0 Å². The Bertz CT molecular complexity index is 2980. The quantitative estimate of drug-likeness (QED) is 0.116. The molecular weight excluding hydrogens is 974 g/mol. The van der Waals surface area contributed by atoms with Crippen molar-refractivity contribution in [3.63, 3.8) is 0 Å². The second kappa shape index (κ2) is 23.0. The Balaban J connectivity index is 0.000000172. The fourth-order valence-corrected chi connectivity index (χ4v) is 9.73. The summed E-state index contributed by atoms with van der Waals surface area (Å²) < 4.78 is 33.9. The number of ether oxygens (including phenoxy) is 1. The highest BCUT2D eigenvalue weighted by atomic mass is 28.4. The fraction of sp³-hybridized carbons (Fsp3) is 0.415. The van der Waals surface area contributed by atoms with Crippen LogP contribution in [-0.2, 0) is 14.1 Å². The normalized spacial score (nSPS) is 14.4. The summed E-state index contributed by atoms with van der Waals surface area (Å²) in [5.41, 5.74) is 4.79. The smallest absolute Gasteiger partial charge is 0.419 e. The minimum atomic E-state index is -1.94. The van der Waals surface area contributed by atoms with Crippen LogP contribution in [0.4, 0.5) is 37.0 Å². The topological polar surface area (TPSA) is 182 Å². The molecule has 0 saturated carbocycles. The highest BCUT2D eigenvalue weighted by molar-refractivity contribution is 6.75. The van der Waals surface area contributed by atoms with Crippen molar-refractivity contribution in [3.05, 3.63) is 110 Å². The number of pyridine rings is 3. The van der Waals surface area contributed by atoms with Crippen LogP contribution in [0, 0.1) is 5.82 Å². The van der Waals surface area contributed by atoms with E-state index in [0.29, 0.717) is 30.5 Å². The van der Waals surface area contributed by atoms with Crippen molar-refractivity contribution in [3.8, 4) is 17.4 Å². The van der Waals surface area contributed by atoms with Gasteiger partial charge >= 0.3 is 12.1 Å². The summed E-state index contributed by atoms with van der Waals surface area (Å²) >= 11 is 0. The van der Waals surface area contributed by atoms with E-state index in [2.05, 4.69) is 155 Å². The number of nitrogens with one attached hydrogen (secondary N) is 3. The molecule has 0 radical (unpaired) electrons. The Hall–Kier alpha value is -7.11. The van der Waals surface area contributed by atoms with Crippen LogP contribution < -0.4 is 39.3 Å². The maximum atomic E-state index is 12.8. The number of hydrogen-bond acceptors (Lipinski definition) is 13. The first kappa shape index (κ1) is 54.7. The van der Waals surface area contributed by atoms with Gasteiger partial charge < -0.3 is 33.6 Å². The number of piperazine rings is 2. The van der Waals surface area contributed by atoms with Crippen molar-refractivity contribution in [2.75, 3.05) is 72.8 Å². The number of aromatic nitrogens is 7. The lowest BCUT2D eigenvalue weighted by Gasteiger charge is -2.36. The van der Waals surface area contributed by atoms with Gasteiger partial charge in [0, 0.05) is 94.7 Å². The number of fused-ring (bicyclic) bond motifs is 2. The second-order valence-corrected chi connectivity index (χ2v) is 30.9. The molecule has 74 heavy (non-hydrogen) atoms. The number of rotatable bonds is 9. The highest BCUT2D eigenvalue weighted by Gasteiger charge is 2.40. The lowest BCUT2D eigenvalue weighted by atomic mass is 10.2. The predicted octanol–water partition coefficient (Wildman–Crippen LogP) is 10.3. The lowest BCUT2D eigenvalue weighted by Crippen LogP contribution is -2.50. The second-order valence-electron chi connectivity index (χ2n) is 21.4. The summed E-state index contributed by atoms with van der Waals surface area (Å²) in [5, 5.41) is 20.1. The number of aryl methyl sites for hydroxylation is 2. The van der Waals surface area contributed by atoms with Crippen LogP contribution in [-0.4, -0.2) is 121 Å². The molecule has 7 aromatic rings. The highest BCUT2D eigenvalue weighted by Crippen LogP contribution is 2.38. The molecule has 2 aromatic carbocycles. The first-order valence-electron chi connectivity index (χ1n) is 25.0. The van der Waals surface area contributed by atoms with Gasteiger partial charge in [0.2, 0.25) is 5.88 Å². The number of carbonyl (C=O) groups is 2. The Labute approximate surface area is 435 Å². The van der Waals surface area contributed by atoms with Crippen LogP contribution in [0.5, 0.6) is 17.4 Å². The van der Waals surface area contributed by atoms with Crippen LogP contribution in [0.25, 0.3) is 21.8 Å². The third-order valence-electron chi connectivity index (χ3n) is 14.1. The molecule has 0 unspecified atom stereocenters. The van der Waals surface area contributed by atoms with E-state index in [0.717, 1.165) is 68.2 Å². The van der Waals surface area contributed by atoms with Crippen LogP contribution in [0.1, 0.15) is 41.5 Å². The van der Waals surface area contributed by atoms with Gasteiger partial charge in [-0.3, -0.25) is 20.0 Å². The zero-order valence-electron chi connectivity index (χ0n) is 44.9. The van der Waals surface area contributed by atoms with Gasteiger partial charge in [0.1, 0.15) is 29.0 Å². The predicted molar refractivity (Wildman–Crippen MR) is 297 cm³/mol. The summed E-state index contributed by atoms with van der Waals surface area (Å²) in [4.78, 5) is 43.3. The van der Waals surface area contributed by atoms with Crippen LogP contribution in [0.2, 0.25) is 36.3 Å². The van der Waals surface area contributed by atoms with Crippen molar-refractivity contribution >= 4 is 73.6 Å².